The third kappa shape index (κ3) is 2.96. The minimum Gasteiger partial charge on any atom is -0.478 e. The number of aromatic carboxylic acids is 1. The predicted octanol–water partition coefficient (Wildman–Crippen LogP) is 2.66. The molecule has 0 unspecified atom stereocenters. The lowest BCUT2D eigenvalue weighted by molar-refractivity contribution is 0.0697. The molecular formula is C17H13FN2O3. The summed E-state index contributed by atoms with van der Waals surface area (Å²) in [5, 5.41) is 9.33. The highest BCUT2D eigenvalue weighted by Crippen LogP contribution is 2.14. The molecule has 3 aromatic rings. The number of carboxylic acid groups (broad SMARTS) is 1. The lowest BCUT2D eigenvalue weighted by atomic mass is 10.1. The number of carbonyl (C=O) groups is 1. The number of benzene rings is 2. The van der Waals surface area contributed by atoms with Crippen LogP contribution in [-0.2, 0) is 6.42 Å². The summed E-state index contributed by atoms with van der Waals surface area (Å²) >= 11 is 0. The van der Waals surface area contributed by atoms with E-state index in [0.717, 1.165) is 0 Å². The summed E-state index contributed by atoms with van der Waals surface area (Å²) in [6, 6.07) is 8.96. The Morgan fingerprint density at radius 2 is 2.04 bits per heavy atom. The zero-order valence-electron chi connectivity index (χ0n) is 12.3. The van der Waals surface area contributed by atoms with Crippen LogP contribution in [0, 0.1) is 12.7 Å². The molecule has 116 valence electrons. The molecule has 23 heavy (non-hydrogen) atoms. The average Bonchev–Trinajstić information content (AvgIpc) is 2.50. The van der Waals surface area contributed by atoms with Gasteiger partial charge in [0.15, 0.2) is 0 Å². The molecule has 1 aromatic heterocycles. The van der Waals surface area contributed by atoms with E-state index in [0.29, 0.717) is 27.9 Å². The molecule has 0 bridgehead atoms. The van der Waals surface area contributed by atoms with Crippen molar-refractivity contribution >= 4 is 16.9 Å². The predicted molar refractivity (Wildman–Crippen MR) is 83.3 cm³/mol. The highest BCUT2D eigenvalue weighted by molar-refractivity contribution is 5.92. The van der Waals surface area contributed by atoms with E-state index < -0.39 is 5.97 Å². The number of halogens is 1. The second kappa shape index (κ2) is 5.64. The van der Waals surface area contributed by atoms with Gasteiger partial charge < -0.3 is 10.1 Å². The standard InChI is InChI=1S/C17H13FN2O3/c1-9-2-3-10(6-13(9)18)7-15-19-14-8-11(17(22)23)4-5-12(14)16(21)20-15/h2-6,8H,7H2,1H3,(H,22,23)(H,19,20,21). The van der Waals surface area contributed by atoms with Crippen molar-refractivity contribution < 1.29 is 14.3 Å². The number of fused-ring (bicyclic) bond motifs is 1. The van der Waals surface area contributed by atoms with Gasteiger partial charge in [-0.25, -0.2) is 14.2 Å². The van der Waals surface area contributed by atoms with Gasteiger partial charge in [-0.3, -0.25) is 4.79 Å². The molecule has 0 fully saturated rings. The zero-order chi connectivity index (χ0) is 16.6. The quantitative estimate of drug-likeness (QED) is 0.779. The Morgan fingerprint density at radius 3 is 2.74 bits per heavy atom. The molecule has 0 saturated heterocycles. The number of rotatable bonds is 3. The van der Waals surface area contributed by atoms with Crippen molar-refractivity contribution in [3.63, 3.8) is 0 Å². The first-order valence-electron chi connectivity index (χ1n) is 6.95. The third-order valence-corrected chi connectivity index (χ3v) is 3.61. The molecule has 0 atom stereocenters. The minimum absolute atomic E-state index is 0.0583. The van der Waals surface area contributed by atoms with E-state index in [1.54, 1.807) is 19.1 Å². The molecule has 0 aliphatic carbocycles. The number of nitrogens with one attached hydrogen (secondary N) is 1. The highest BCUT2D eigenvalue weighted by atomic mass is 19.1. The number of nitrogens with zero attached hydrogens (tertiary/aromatic N) is 1. The van der Waals surface area contributed by atoms with Crippen LogP contribution in [0.1, 0.15) is 27.3 Å². The molecule has 3 rings (SSSR count). The van der Waals surface area contributed by atoms with Crippen molar-refractivity contribution in [1.82, 2.24) is 9.97 Å². The molecule has 0 amide bonds. The third-order valence-electron chi connectivity index (χ3n) is 3.61. The maximum atomic E-state index is 13.6. The highest BCUT2D eigenvalue weighted by Gasteiger charge is 2.09. The van der Waals surface area contributed by atoms with Gasteiger partial charge in [-0.2, -0.15) is 0 Å². The maximum Gasteiger partial charge on any atom is 0.335 e. The Labute approximate surface area is 130 Å². The maximum absolute atomic E-state index is 13.6. The van der Waals surface area contributed by atoms with Crippen molar-refractivity contribution in [2.24, 2.45) is 0 Å². The number of aryl methyl sites for hydroxylation is 1. The largest absolute Gasteiger partial charge is 0.478 e. The van der Waals surface area contributed by atoms with Gasteiger partial charge in [0, 0.05) is 6.42 Å². The van der Waals surface area contributed by atoms with Crippen molar-refractivity contribution in [1.29, 1.82) is 0 Å². The van der Waals surface area contributed by atoms with Crippen LogP contribution in [0.2, 0.25) is 0 Å². The first-order valence-corrected chi connectivity index (χ1v) is 6.95. The van der Waals surface area contributed by atoms with Crippen LogP contribution in [0.4, 0.5) is 4.39 Å². The van der Waals surface area contributed by atoms with E-state index in [9.17, 15) is 14.0 Å². The summed E-state index contributed by atoms with van der Waals surface area (Å²) in [4.78, 5) is 30.0. The average molecular weight is 312 g/mol. The first kappa shape index (κ1) is 14.9. The number of aromatic amines is 1. The summed E-state index contributed by atoms with van der Waals surface area (Å²) in [5.74, 6) is -1.05. The van der Waals surface area contributed by atoms with Gasteiger partial charge in [-0.05, 0) is 42.3 Å². The van der Waals surface area contributed by atoms with Gasteiger partial charge in [0.05, 0.1) is 16.5 Å². The Bertz CT molecular complexity index is 979. The molecule has 0 saturated carbocycles. The van der Waals surface area contributed by atoms with Gasteiger partial charge in [-0.1, -0.05) is 12.1 Å². The number of carboxylic acids is 1. The Balaban J connectivity index is 2.05. The Hall–Kier alpha value is -3.02. The molecule has 5 nitrogen and oxygen atoms in total. The van der Waals surface area contributed by atoms with Crippen LogP contribution in [0.5, 0.6) is 0 Å². The smallest absolute Gasteiger partial charge is 0.335 e. The van der Waals surface area contributed by atoms with Crippen molar-refractivity contribution in [2.75, 3.05) is 0 Å². The topological polar surface area (TPSA) is 83.0 Å². The van der Waals surface area contributed by atoms with E-state index in [1.807, 2.05) is 0 Å². The van der Waals surface area contributed by atoms with Gasteiger partial charge in [0.2, 0.25) is 0 Å². The molecule has 0 spiro atoms. The van der Waals surface area contributed by atoms with Crippen LogP contribution < -0.4 is 5.56 Å². The van der Waals surface area contributed by atoms with Gasteiger partial charge in [-0.15, -0.1) is 0 Å². The van der Waals surface area contributed by atoms with E-state index in [1.165, 1.54) is 24.3 Å². The SMILES string of the molecule is Cc1ccc(Cc2nc3cc(C(=O)O)ccc3c(=O)[nH]2)cc1F. The van der Waals surface area contributed by atoms with Crippen LogP contribution in [-0.4, -0.2) is 21.0 Å². The minimum atomic E-state index is -1.09. The molecular weight excluding hydrogens is 299 g/mol. The molecule has 1 heterocycles. The Kier molecular flexibility index (Phi) is 3.65. The lowest BCUT2D eigenvalue weighted by Gasteiger charge is -2.05. The molecule has 6 heteroatoms. The zero-order valence-corrected chi connectivity index (χ0v) is 12.3. The fraction of sp³-hybridized carbons (Fsp3) is 0.118. The number of hydrogen-bond donors (Lipinski definition) is 2. The first-order chi connectivity index (χ1) is 10.9. The number of H-pyrrole nitrogens is 1. The van der Waals surface area contributed by atoms with Crippen molar-refractivity contribution in [3.8, 4) is 0 Å². The Morgan fingerprint density at radius 1 is 1.26 bits per heavy atom. The summed E-state index contributed by atoms with van der Waals surface area (Å²) in [6.45, 7) is 1.67. The fourth-order valence-corrected chi connectivity index (χ4v) is 2.34. The van der Waals surface area contributed by atoms with E-state index in [2.05, 4.69) is 9.97 Å². The molecule has 2 N–H and O–H groups in total. The second-order valence-electron chi connectivity index (χ2n) is 5.31. The monoisotopic (exact) mass is 312 g/mol. The number of hydrogen-bond acceptors (Lipinski definition) is 3. The summed E-state index contributed by atoms with van der Waals surface area (Å²) < 4.78 is 13.6. The molecule has 0 radical (unpaired) electrons. The van der Waals surface area contributed by atoms with Gasteiger partial charge in [0.25, 0.3) is 5.56 Å². The molecule has 0 aliphatic rings. The molecule has 2 aromatic carbocycles. The fourth-order valence-electron chi connectivity index (χ4n) is 2.34. The van der Waals surface area contributed by atoms with Crippen LogP contribution in [0.15, 0.2) is 41.2 Å². The summed E-state index contributed by atoms with van der Waals surface area (Å²) in [6.07, 6.45) is 0.250. The molecule has 0 aliphatic heterocycles. The van der Waals surface area contributed by atoms with Gasteiger partial charge >= 0.3 is 5.97 Å². The lowest BCUT2D eigenvalue weighted by Crippen LogP contribution is -2.13. The van der Waals surface area contributed by atoms with Crippen LogP contribution >= 0.6 is 0 Å². The summed E-state index contributed by atoms with van der Waals surface area (Å²) in [7, 11) is 0. The van der Waals surface area contributed by atoms with Crippen LogP contribution in [0.25, 0.3) is 10.9 Å². The normalized spacial score (nSPS) is 10.9. The second-order valence-corrected chi connectivity index (χ2v) is 5.31. The van der Waals surface area contributed by atoms with Crippen molar-refractivity contribution in [2.45, 2.75) is 13.3 Å². The van der Waals surface area contributed by atoms with Gasteiger partial charge in [0.1, 0.15) is 11.6 Å². The summed E-state index contributed by atoms with van der Waals surface area (Å²) in [5.41, 5.74) is 1.22. The van der Waals surface area contributed by atoms with E-state index >= 15 is 0 Å². The van der Waals surface area contributed by atoms with Crippen molar-refractivity contribution in [3.05, 3.63) is 75.1 Å². The van der Waals surface area contributed by atoms with E-state index in [-0.39, 0.29) is 23.4 Å². The van der Waals surface area contributed by atoms with Crippen LogP contribution in [0.3, 0.4) is 0 Å². The number of aromatic nitrogens is 2. The van der Waals surface area contributed by atoms with E-state index in [4.69, 9.17) is 5.11 Å².